The van der Waals surface area contributed by atoms with Gasteiger partial charge in [-0.25, -0.2) is 0 Å². The molecule has 1 N–H and O–H groups in total. The van der Waals surface area contributed by atoms with E-state index in [4.69, 9.17) is 20.8 Å². The molecule has 1 aliphatic rings. The molecule has 0 radical (unpaired) electrons. The Morgan fingerprint density at radius 2 is 2.08 bits per heavy atom. The fourth-order valence-electron chi connectivity index (χ4n) is 2.95. The first kappa shape index (κ1) is 18.8. The van der Waals surface area contributed by atoms with Gasteiger partial charge in [0.1, 0.15) is 11.5 Å². The third kappa shape index (κ3) is 4.82. The highest BCUT2D eigenvalue weighted by Gasteiger charge is 2.15. The number of halogens is 1. The summed E-state index contributed by atoms with van der Waals surface area (Å²) in [5, 5.41) is 14.6. The van der Waals surface area contributed by atoms with Crippen LogP contribution in [0.15, 0.2) is 34.7 Å². The Morgan fingerprint density at radius 3 is 2.77 bits per heavy atom. The van der Waals surface area contributed by atoms with Crippen LogP contribution < -0.4 is 5.32 Å². The number of nitrogens with zero attached hydrogens (tertiary/aromatic N) is 2. The number of hydrogen-bond acceptors (Lipinski definition) is 6. The zero-order chi connectivity index (χ0) is 18.5. The fourth-order valence-corrected chi connectivity index (χ4v) is 3.21. The van der Waals surface area contributed by atoms with E-state index < -0.39 is 4.92 Å². The second-order valence-electron chi connectivity index (χ2n) is 6.38. The number of nitro groups is 1. The lowest BCUT2D eigenvalue weighted by atomic mass is 10.1. The van der Waals surface area contributed by atoms with Gasteiger partial charge in [0.25, 0.3) is 5.69 Å². The molecule has 2 aromatic rings. The summed E-state index contributed by atoms with van der Waals surface area (Å²) in [6.45, 7) is 7.24. The number of hydrogen-bond donors (Lipinski definition) is 1. The molecular weight excluding hydrogens is 358 g/mol. The maximum absolute atomic E-state index is 10.8. The Bertz CT molecular complexity index is 759. The van der Waals surface area contributed by atoms with Gasteiger partial charge in [0, 0.05) is 43.4 Å². The average molecular weight is 380 g/mol. The summed E-state index contributed by atoms with van der Waals surface area (Å²) in [6, 6.07) is 8.41. The number of furan rings is 1. The molecule has 7 nitrogen and oxygen atoms in total. The molecular formula is C18H22ClN3O4. The van der Waals surface area contributed by atoms with Gasteiger partial charge in [-0.05, 0) is 25.1 Å². The molecule has 140 valence electrons. The first-order valence-electron chi connectivity index (χ1n) is 8.59. The van der Waals surface area contributed by atoms with Crippen LogP contribution in [0, 0.1) is 10.1 Å². The first-order valence-corrected chi connectivity index (χ1v) is 8.97. The van der Waals surface area contributed by atoms with Crippen molar-refractivity contribution in [1.29, 1.82) is 0 Å². The third-order valence-electron chi connectivity index (χ3n) is 4.35. The van der Waals surface area contributed by atoms with Crippen LogP contribution in [-0.2, 0) is 11.3 Å². The van der Waals surface area contributed by atoms with E-state index in [1.54, 1.807) is 6.07 Å². The summed E-state index contributed by atoms with van der Waals surface area (Å²) in [6.07, 6.45) is 0. The van der Waals surface area contributed by atoms with Gasteiger partial charge in [0.2, 0.25) is 0 Å². The van der Waals surface area contributed by atoms with Crippen LogP contribution in [0.3, 0.4) is 0 Å². The summed E-state index contributed by atoms with van der Waals surface area (Å²) >= 11 is 6.16. The van der Waals surface area contributed by atoms with Gasteiger partial charge in [0.05, 0.1) is 29.7 Å². The SMILES string of the molecule is CC(CN1CCOCC1)NCc1ccc(-c2ccc([N+](=O)[O-])cc2Cl)o1. The lowest BCUT2D eigenvalue weighted by Crippen LogP contribution is -2.44. The highest BCUT2D eigenvalue weighted by molar-refractivity contribution is 6.33. The molecule has 1 unspecified atom stereocenters. The van der Waals surface area contributed by atoms with E-state index in [1.807, 2.05) is 12.1 Å². The van der Waals surface area contributed by atoms with Crippen molar-refractivity contribution in [3.63, 3.8) is 0 Å². The van der Waals surface area contributed by atoms with E-state index in [2.05, 4.69) is 17.1 Å². The van der Waals surface area contributed by atoms with Crippen molar-refractivity contribution in [2.24, 2.45) is 0 Å². The second kappa shape index (κ2) is 8.64. The summed E-state index contributed by atoms with van der Waals surface area (Å²) < 4.78 is 11.2. The van der Waals surface area contributed by atoms with E-state index >= 15 is 0 Å². The molecule has 0 bridgehead atoms. The molecule has 8 heteroatoms. The van der Waals surface area contributed by atoms with Crippen molar-refractivity contribution < 1.29 is 14.1 Å². The molecule has 1 fully saturated rings. The van der Waals surface area contributed by atoms with Gasteiger partial charge >= 0.3 is 0 Å². The highest BCUT2D eigenvalue weighted by Crippen LogP contribution is 2.32. The van der Waals surface area contributed by atoms with E-state index in [-0.39, 0.29) is 5.69 Å². The van der Waals surface area contributed by atoms with Gasteiger partial charge in [-0.3, -0.25) is 15.0 Å². The number of benzene rings is 1. The van der Waals surface area contributed by atoms with Gasteiger partial charge in [-0.1, -0.05) is 11.6 Å². The number of nitrogens with one attached hydrogen (secondary N) is 1. The van der Waals surface area contributed by atoms with Crippen molar-refractivity contribution in [3.05, 3.63) is 51.2 Å². The van der Waals surface area contributed by atoms with Crippen molar-refractivity contribution in [1.82, 2.24) is 10.2 Å². The average Bonchev–Trinajstić information content (AvgIpc) is 3.09. The van der Waals surface area contributed by atoms with Gasteiger partial charge in [0.15, 0.2) is 0 Å². The molecule has 1 aromatic heterocycles. The lowest BCUT2D eigenvalue weighted by Gasteiger charge is -2.29. The summed E-state index contributed by atoms with van der Waals surface area (Å²) in [7, 11) is 0. The Hall–Kier alpha value is -1.93. The van der Waals surface area contributed by atoms with Gasteiger partial charge in [-0.15, -0.1) is 0 Å². The van der Waals surface area contributed by atoms with E-state index in [0.29, 0.717) is 28.9 Å². The molecule has 1 aliphatic heterocycles. The Labute approximate surface area is 157 Å². The van der Waals surface area contributed by atoms with Gasteiger partial charge < -0.3 is 14.5 Å². The Balaban J connectivity index is 1.57. The van der Waals surface area contributed by atoms with Crippen LogP contribution in [0.1, 0.15) is 12.7 Å². The van der Waals surface area contributed by atoms with E-state index in [9.17, 15) is 10.1 Å². The predicted octanol–water partition coefficient (Wildman–Crippen LogP) is 3.32. The lowest BCUT2D eigenvalue weighted by molar-refractivity contribution is -0.384. The van der Waals surface area contributed by atoms with Crippen molar-refractivity contribution in [2.45, 2.75) is 19.5 Å². The van der Waals surface area contributed by atoms with Crippen LogP contribution in [0.4, 0.5) is 5.69 Å². The minimum absolute atomic E-state index is 0.0378. The Kier molecular flexibility index (Phi) is 6.26. The quantitative estimate of drug-likeness (QED) is 0.587. The molecule has 1 atom stereocenters. The molecule has 1 aromatic carbocycles. The summed E-state index contributed by atoms with van der Waals surface area (Å²) in [5.41, 5.74) is 0.606. The second-order valence-corrected chi connectivity index (χ2v) is 6.79. The summed E-state index contributed by atoms with van der Waals surface area (Å²) in [4.78, 5) is 12.7. The topological polar surface area (TPSA) is 80.8 Å². The fraction of sp³-hybridized carbons (Fsp3) is 0.444. The molecule has 0 aliphatic carbocycles. The van der Waals surface area contributed by atoms with Crippen molar-refractivity contribution in [3.8, 4) is 11.3 Å². The van der Waals surface area contributed by atoms with E-state index in [0.717, 1.165) is 38.6 Å². The Morgan fingerprint density at radius 1 is 1.31 bits per heavy atom. The third-order valence-corrected chi connectivity index (χ3v) is 4.66. The number of rotatable bonds is 7. The van der Waals surface area contributed by atoms with Crippen LogP contribution in [-0.4, -0.2) is 48.7 Å². The monoisotopic (exact) mass is 379 g/mol. The number of non-ortho nitro benzene ring substituents is 1. The van der Waals surface area contributed by atoms with E-state index in [1.165, 1.54) is 12.1 Å². The minimum atomic E-state index is -0.469. The molecule has 1 saturated heterocycles. The minimum Gasteiger partial charge on any atom is -0.460 e. The van der Waals surface area contributed by atoms with Crippen LogP contribution in [0.5, 0.6) is 0 Å². The van der Waals surface area contributed by atoms with Crippen LogP contribution in [0.25, 0.3) is 11.3 Å². The molecule has 2 heterocycles. The zero-order valence-electron chi connectivity index (χ0n) is 14.6. The van der Waals surface area contributed by atoms with Crippen molar-refractivity contribution in [2.75, 3.05) is 32.8 Å². The highest BCUT2D eigenvalue weighted by atomic mass is 35.5. The number of ether oxygens (including phenoxy) is 1. The summed E-state index contributed by atoms with van der Waals surface area (Å²) in [5.74, 6) is 1.39. The maximum Gasteiger partial charge on any atom is 0.270 e. The number of nitro benzene ring substituents is 1. The molecule has 0 amide bonds. The molecule has 3 rings (SSSR count). The van der Waals surface area contributed by atoms with Crippen LogP contribution in [0.2, 0.25) is 5.02 Å². The number of morpholine rings is 1. The zero-order valence-corrected chi connectivity index (χ0v) is 15.4. The molecule has 0 spiro atoms. The maximum atomic E-state index is 10.8. The standard InChI is InChI=1S/C18H22ClN3O4/c1-13(12-21-6-8-25-9-7-21)20-11-15-3-5-18(26-15)16-4-2-14(22(23)24)10-17(16)19/h2-5,10,13,20H,6-9,11-12H2,1H3. The molecule has 26 heavy (non-hydrogen) atoms. The predicted molar refractivity (Wildman–Crippen MR) is 99.4 cm³/mol. The van der Waals surface area contributed by atoms with Crippen LogP contribution >= 0.6 is 11.6 Å². The van der Waals surface area contributed by atoms with Gasteiger partial charge in [-0.2, -0.15) is 0 Å². The first-order chi connectivity index (χ1) is 12.5. The normalized spacial score (nSPS) is 16.5. The smallest absolute Gasteiger partial charge is 0.270 e. The van der Waals surface area contributed by atoms with Crippen molar-refractivity contribution >= 4 is 17.3 Å². The largest absolute Gasteiger partial charge is 0.460 e. The molecule has 0 saturated carbocycles.